The van der Waals surface area contributed by atoms with Crippen LogP contribution in [0.2, 0.25) is 0 Å². The Labute approximate surface area is 208 Å². The number of nitrogens with zero attached hydrogens (tertiary/aromatic N) is 2. The van der Waals surface area contributed by atoms with Gasteiger partial charge in [0.2, 0.25) is 11.8 Å². The molecule has 4 aromatic rings. The fourth-order valence-corrected chi connectivity index (χ4v) is 5.32. The lowest BCUT2D eigenvalue weighted by molar-refractivity contribution is -0.144. The van der Waals surface area contributed by atoms with Gasteiger partial charge in [-0.25, -0.2) is 0 Å². The van der Waals surface area contributed by atoms with Gasteiger partial charge < -0.3 is 20.2 Å². The Morgan fingerprint density at radius 2 is 1.78 bits per heavy atom. The number of benzene rings is 2. The zero-order valence-electron chi connectivity index (χ0n) is 20.5. The van der Waals surface area contributed by atoms with Crippen molar-refractivity contribution in [1.29, 1.82) is 0 Å². The monoisotopic (exact) mass is 486 g/mol. The number of carboxylic acids is 1. The number of fused-ring (bicyclic) bond motifs is 2. The van der Waals surface area contributed by atoms with Crippen LogP contribution in [0.3, 0.4) is 0 Å². The van der Waals surface area contributed by atoms with Crippen LogP contribution in [0, 0.1) is 5.41 Å². The number of ketones is 1. The van der Waals surface area contributed by atoms with Crippen molar-refractivity contribution in [2.45, 2.75) is 57.4 Å². The highest BCUT2D eigenvalue weighted by molar-refractivity contribution is 5.91. The maximum atomic E-state index is 14.0. The molecule has 1 aliphatic carbocycles. The summed E-state index contributed by atoms with van der Waals surface area (Å²) in [6.07, 6.45) is 3.12. The number of para-hydroxylation sites is 1. The van der Waals surface area contributed by atoms with E-state index < -0.39 is 22.8 Å². The summed E-state index contributed by atoms with van der Waals surface area (Å²) < 4.78 is 5.98. The molecule has 0 bridgehead atoms. The largest absolute Gasteiger partial charge is 0.481 e. The van der Waals surface area contributed by atoms with Gasteiger partial charge in [0.05, 0.1) is 12.0 Å². The minimum Gasteiger partial charge on any atom is -0.481 e. The number of nitrogens with two attached hydrogens (primary N) is 1. The summed E-state index contributed by atoms with van der Waals surface area (Å²) >= 11 is 0. The maximum Gasteiger partial charge on any atom is 0.304 e. The van der Waals surface area contributed by atoms with Gasteiger partial charge in [-0.15, -0.1) is 10.2 Å². The smallest absolute Gasteiger partial charge is 0.304 e. The van der Waals surface area contributed by atoms with Gasteiger partial charge in [0.1, 0.15) is 5.78 Å². The molecule has 0 fully saturated rings. The summed E-state index contributed by atoms with van der Waals surface area (Å²) in [4.78, 5) is 29.1. The molecule has 0 spiro atoms. The predicted molar refractivity (Wildman–Crippen MR) is 134 cm³/mol. The number of hydrogen-bond donors (Lipinski definition) is 3. The van der Waals surface area contributed by atoms with E-state index in [-0.39, 0.29) is 18.6 Å². The minimum atomic E-state index is -0.996. The summed E-state index contributed by atoms with van der Waals surface area (Å²) in [6, 6.07) is 15.8. The zero-order chi connectivity index (χ0) is 25.5. The highest BCUT2D eigenvalue weighted by atomic mass is 16.4. The maximum absolute atomic E-state index is 14.0. The molecular formula is C28H30N4O4. The molecule has 0 unspecified atom stereocenters. The summed E-state index contributed by atoms with van der Waals surface area (Å²) in [6.45, 7) is 3.56. The van der Waals surface area contributed by atoms with E-state index in [1.807, 2.05) is 54.7 Å². The molecule has 8 nitrogen and oxygen atoms in total. The topological polar surface area (TPSA) is 135 Å². The second-order valence-electron chi connectivity index (χ2n) is 10.5. The molecule has 0 radical (unpaired) electrons. The van der Waals surface area contributed by atoms with Gasteiger partial charge in [-0.3, -0.25) is 9.59 Å². The van der Waals surface area contributed by atoms with E-state index in [4.69, 9.17) is 10.2 Å². The molecule has 8 heteroatoms. The van der Waals surface area contributed by atoms with Crippen molar-refractivity contribution < 1.29 is 19.1 Å². The van der Waals surface area contributed by atoms with Gasteiger partial charge in [0, 0.05) is 34.9 Å². The highest BCUT2D eigenvalue weighted by Crippen LogP contribution is 2.43. The van der Waals surface area contributed by atoms with Crippen molar-refractivity contribution in [1.82, 2.24) is 15.2 Å². The van der Waals surface area contributed by atoms with Crippen LogP contribution in [0.1, 0.15) is 61.1 Å². The van der Waals surface area contributed by atoms with Crippen LogP contribution in [-0.2, 0) is 34.4 Å². The zero-order valence-corrected chi connectivity index (χ0v) is 20.5. The molecule has 0 amide bonds. The number of hydrogen-bond acceptors (Lipinski definition) is 6. The third-order valence-electron chi connectivity index (χ3n) is 7.17. The number of H-pyrrole nitrogens is 1. The average Bonchev–Trinajstić information content (AvgIpc) is 3.55. The van der Waals surface area contributed by atoms with Gasteiger partial charge in [0.25, 0.3) is 0 Å². The van der Waals surface area contributed by atoms with Gasteiger partial charge in [-0.2, -0.15) is 0 Å². The summed E-state index contributed by atoms with van der Waals surface area (Å²) in [7, 11) is 0. The number of aromatic nitrogens is 3. The van der Waals surface area contributed by atoms with E-state index in [1.165, 1.54) is 0 Å². The SMILES string of the molecule is CC(C)(N)c1nnc([C@@H](CC(=O)C2(CC(=O)O)Cc3ccccc3C2)Cc2c[nH]c3ccccc23)o1. The number of aromatic amines is 1. The Kier molecular flexibility index (Phi) is 6.00. The van der Waals surface area contributed by atoms with Gasteiger partial charge in [-0.1, -0.05) is 42.5 Å². The Bertz CT molecular complexity index is 1400. The molecule has 36 heavy (non-hydrogen) atoms. The van der Waals surface area contributed by atoms with Crippen LogP contribution < -0.4 is 5.73 Å². The standard InChI is InChI=1S/C28H30N4O4/c1-27(2,29)26-32-31-25(36-26)19(11-20-16-30-22-10-6-5-9-21(20)22)12-23(33)28(15-24(34)35)13-17-7-3-4-8-18(17)14-28/h3-10,16,19,30H,11-15,29H2,1-2H3,(H,34,35)/t19-/m1/s1. The Morgan fingerprint density at radius 1 is 1.11 bits per heavy atom. The molecule has 2 aromatic carbocycles. The summed E-state index contributed by atoms with van der Waals surface area (Å²) in [5, 5.41) is 19.2. The summed E-state index contributed by atoms with van der Waals surface area (Å²) in [5.41, 5.74) is 8.45. The van der Waals surface area contributed by atoms with Crippen molar-refractivity contribution >= 4 is 22.7 Å². The molecule has 0 saturated carbocycles. The fourth-order valence-electron chi connectivity index (χ4n) is 5.32. The predicted octanol–water partition coefficient (Wildman–Crippen LogP) is 4.29. The second kappa shape index (κ2) is 9.02. The lowest BCUT2D eigenvalue weighted by Gasteiger charge is -2.27. The normalized spacial score (nSPS) is 15.6. The first-order valence-electron chi connectivity index (χ1n) is 12.1. The van der Waals surface area contributed by atoms with E-state index in [2.05, 4.69) is 15.2 Å². The molecule has 186 valence electrons. The Morgan fingerprint density at radius 3 is 2.42 bits per heavy atom. The molecule has 0 saturated heterocycles. The van der Waals surface area contributed by atoms with Crippen molar-refractivity contribution in [3.05, 3.63) is 83.2 Å². The third-order valence-corrected chi connectivity index (χ3v) is 7.17. The molecule has 1 aliphatic rings. The number of Topliss-reactive ketones (excluding diaryl/α,β-unsaturated/α-hetero) is 1. The lowest BCUT2D eigenvalue weighted by Crippen LogP contribution is -2.36. The van der Waals surface area contributed by atoms with Gasteiger partial charge >= 0.3 is 5.97 Å². The van der Waals surface area contributed by atoms with Crippen LogP contribution in [0.5, 0.6) is 0 Å². The average molecular weight is 487 g/mol. The number of carbonyl (C=O) groups excluding carboxylic acids is 1. The molecule has 0 aliphatic heterocycles. The number of carboxylic acid groups (broad SMARTS) is 1. The first-order chi connectivity index (χ1) is 17.1. The van der Waals surface area contributed by atoms with Crippen LogP contribution in [-0.4, -0.2) is 32.0 Å². The number of rotatable bonds is 9. The van der Waals surface area contributed by atoms with E-state index in [1.54, 1.807) is 13.8 Å². The molecule has 5 rings (SSSR count). The molecular weight excluding hydrogens is 456 g/mol. The van der Waals surface area contributed by atoms with Crippen molar-refractivity contribution in [2.24, 2.45) is 11.1 Å². The molecule has 2 aromatic heterocycles. The van der Waals surface area contributed by atoms with Crippen LogP contribution in [0.4, 0.5) is 0 Å². The highest BCUT2D eigenvalue weighted by Gasteiger charge is 2.46. The van der Waals surface area contributed by atoms with E-state index in [0.717, 1.165) is 27.6 Å². The molecule has 1 atom stereocenters. The Hall–Kier alpha value is -3.78. The molecule has 2 heterocycles. The Balaban J connectivity index is 1.49. The van der Waals surface area contributed by atoms with E-state index >= 15 is 0 Å². The first-order valence-corrected chi connectivity index (χ1v) is 12.1. The van der Waals surface area contributed by atoms with E-state index in [0.29, 0.717) is 31.0 Å². The summed E-state index contributed by atoms with van der Waals surface area (Å²) in [5.74, 6) is -0.868. The quantitative estimate of drug-likeness (QED) is 0.321. The fraction of sp³-hybridized carbons (Fsp3) is 0.357. The number of nitrogens with one attached hydrogen (secondary N) is 1. The number of carbonyl (C=O) groups is 2. The van der Waals surface area contributed by atoms with Gasteiger partial charge in [-0.05, 0) is 55.9 Å². The van der Waals surface area contributed by atoms with Crippen molar-refractivity contribution in [3.8, 4) is 0 Å². The van der Waals surface area contributed by atoms with Crippen molar-refractivity contribution in [2.75, 3.05) is 0 Å². The lowest BCUT2D eigenvalue weighted by atomic mass is 9.74. The minimum absolute atomic E-state index is 0.0907. The van der Waals surface area contributed by atoms with Crippen LogP contribution >= 0.6 is 0 Å². The van der Waals surface area contributed by atoms with Crippen LogP contribution in [0.15, 0.2) is 59.1 Å². The second-order valence-corrected chi connectivity index (χ2v) is 10.5. The number of aliphatic carboxylic acids is 1. The molecule has 4 N–H and O–H groups in total. The first kappa shape index (κ1) is 23.9. The van der Waals surface area contributed by atoms with E-state index in [9.17, 15) is 14.7 Å². The van der Waals surface area contributed by atoms with Crippen LogP contribution in [0.25, 0.3) is 10.9 Å². The van der Waals surface area contributed by atoms with Gasteiger partial charge in [0.15, 0.2) is 0 Å². The third kappa shape index (κ3) is 4.56. The van der Waals surface area contributed by atoms with Crippen molar-refractivity contribution in [3.63, 3.8) is 0 Å².